The lowest BCUT2D eigenvalue weighted by Gasteiger charge is -2.72. The van der Waals surface area contributed by atoms with E-state index in [9.17, 15) is 25.5 Å². The summed E-state index contributed by atoms with van der Waals surface area (Å²) < 4.78 is 0. The lowest BCUT2D eigenvalue weighted by molar-refractivity contribution is -0.257. The maximum Gasteiger partial charge on any atom is 0.0913 e. The van der Waals surface area contributed by atoms with E-state index in [-0.39, 0.29) is 40.3 Å². The van der Waals surface area contributed by atoms with Crippen LogP contribution in [0.4, 0.5) is 0 Å². The number of allylic oxidation sites excluding steroid dienone is 2. The SMILES string of the molecule is CC1(C)C[C@H]2C3=CCC4[C@@]5(C)CC[C@H](O)C(C)(C)C5CC[C@@]4(C)C3(C)CC(O)[C@@]2(CO)C(O)[C@@H]1O. The van der Waals surface area contributed by atoms with E-state index in [1.54, 1.807) is 0 Å². The Morgan fingerprint density at radius 3 is 2.09 bits per heavy atom. The van der Waals surface area contributed by atoms with Crippen molar-refractivity contribution in [1.29, 1.82) is 0 Å². The van der Waals surface area contributed by atoms with Crippen LogP contribution in [-0.2, 0) is 0 Å². The summed E-state index contributed by atoms with van der Waals surface area (Å²) >= 11 is 0. The molecule has 4 fully saturated rings. The third-order valence-corrected chi connectivity index (χ3v) is 13.4. The third kappa shape index (κ3) is 2.94. The Morgan fingerprint density at radius 2 is 1.46 bits per heavy atom. The summed E-state index contributed by atoms with van der Waals surface area (Å²) in [5, 5.41) is 55.6. The molecule has 5 unspecified atom stereocenters. The van der Waals surface area contributed by atoms with Gasteiger partial charge in [0.15, 0.2) is 0 Å². The molecule has 35 heavy (non-hydrogen) atoms. The van der Waals surface area contributed by atoms with Gasteiger partial charge in [0.2, 0.25) is 0 Å². The number of hydrogen-bond acceptors (Lipinski definition) is 5. The van der Waals surface area contributed by atoms with Crippen molar-refractivity contribution in [3.8, 4) is 0 Å². The summed E-state index contributed by atoms with van der Waals surface area (Å²) in [6.07, 6.45) is 5.25. The van der Waals surface area contributed by atoms with Gasteiger partial charge in [-0.25, -0.2) is 0 Å². The van der Waals surface area contributed by atoms with Crippen LogP contribution in [0.25, 0.3) is 0 Å². The average molecular weight is 491 g/mol. The Balaban J connectivity index is 1.63. The van der Waals surface area contributed by atoms with Gasteiger partial charge in [-0.1, -0.05) is 60.1 Å². The average Bonchev–Trinajstić information content (AvgIpc) is 2.76. The molecule has 200 valence electrons. The molecule has 11 atom stereocenters. The topological polar surface area (TPSA) is 101 Å². The van der Waals surface area contributed by atoms with Crippen molar-refractivity contribution in [2.75, 3.05) is 6.61 Å². The van der Waals surface area contributed by atoms with Gasteiger partial charge < -0.3 is 25.5 Å². The van der Waals surface area contributed by atoms with Crippen molar-refractivity contribution in [2.45, 2.75) is 118 Å². The van der Waals surface area contributed by atoms with Crippen LogP contribution in [0.15, 0.2) is 11.6 Å². The predicted molar refractivity (Wildman–Crippen MR) is 136 cm³/mol. The van der Waals surface area contributed by atoms with Crippen LogP contribution in [0.3, 0.4) is 0 Å². The quantitative estimate of drug-likeness (QED) is 0.357. The van der Waals surface area contributed by atoms with E-state index >= 15 is 0 Å². The van der Waals surface area contributed by atoms with Crippen molar-refractivity contribution < 1.29 is 25.5 Å². The van der Waals surface area contributed by atoms with Crippen molar-refractivity contribution in [1.82, 2.24) is 0 Å². The largest absolute Gasteiger partial charge is 0.396 e. The van der Waals surface area contributed by atoms with Crippen LogP contribution in [0.5, 0.6) is 0 Å². The molecule has 5 rings (SSSR count). The molecular formula is C30H50O5. The molecular weight excluding hydrogens is 440 g/mol. The van der Waals surface area contributed by atoms with Gasteiger partial charge in [-0.15, -0.1) is 0 Å². The van der Waals surface area contributed by atoms with E-state index in [0.717, 1.165) is 32.1 Å². The Bertz CT molecular complexity index is 910. The van der Waals surface area contributed by atoms with Crippen molar-refractivity contribution in [3.63, 3.8) is 0 Å². The van der Waals surface area contributed by atoms with Gasteiger partial charge in [0, 0.05) is 0 Å². The second-order valence-corrected chi connectivity index (χ2v) is 15.3. The number of rotatable bonds is 1. The number of aliphatic hydroxyl groups is 5. The molecule has 4 saturated carbocycles. The molecule has 0 spiro atoms. The summed E-state index contributed by atoms with van der Waals surface area (Å²) in [6.45, 7) is 15.4. The summed E-state index contributed by atoms with van der Waals surface area (Å²) in [5.74, 6) is 0.754. The number of hydrogen-bond donors (Lipinski definition) is 5. The van der Waals surface area contributed by atoms with Gasteiger partial charge >= 0.3 is 0 Å². The van der Waals surface area contributed by atoms with Gasteiger partial charge in [0.25, 0.3) is 0 Å². The molecule has 5 N–H and O–H groups in total. The van der Waals surface area contributed by atoms with E-state index in [4.69, 9.17) is 0 Å². The molecule has 0 aliphatic heterocycles. The fraction of sp³-hybridized carbons (Fsp3) is 0.933. The zero-order chi connectivity index (χ0) is 26.0. The Kier molecular flexibility index (Phi) is 5.65. The van der Waals surface area contributed by atoms with Crippen LogP contribution in [0, 0.1) is 50.2 Å². The summed E-state index contributed by atoms with van der Waals surface area (Å²) in [5.41, 5.74) is -0.580. The second-order valence-electron chi connectivity index (χ2n) is 15.3. The normalized spacial score (nSPS) is 56.7. The number of fused-ring (bicyclic) bond motifs is 7. The molecule has 0 saturated heterocycles. The van der Waals surface area contributed by atoms with Crippen molar-refractivity contribution in [3.05, 3.63) is 11.6 Å². The first-order valence-corrected chi connectivity index (χ1v) is 14.1. The Labute approximate surface area is 212 Å². The van der Waals surface area contributed by atoms with Crippen molar-refractivity contribution >= 4 is 0 Å². The summed E-state index contributed by atoms with van der Waals surface area (Å²) in [7, 11) is 0. The van der Waals surface area contributed by atoms with Gasteiger partial charge in [-0.05, 0) is 89.8 Å². The highest BCUT2D eigenvalue weighted by atomic mass is 16.3. The predicted octanol–water partition coefficient (Wildman–Crippen LogP) is 4.05. The van der Waals surface area contributed by atoms with Crippen molar-refractivity contribution in [2.24, 2.45) is 50.2 Å². The van der Waals surface area contributed by atoms with E-state index < -0.39 is 29.1 Å². The summed E-state index contributed by atoms with van der Waals surface area (Å²) in [6, 6.07) is 0. The fourth-order valence-corrected chi connectivity index (χ4v) is 10.9. The molecule has 5 heteroatoms. The molecule has 5 aliphatic carbocycles. The van der Waals surface area contributed by atoms with Gasteiger partial charge in [0.05, 0.1) is 36.4 Å². The molecule has 0 radical (unpaired) electrons. The number of aliphatic hydroxyl groups excluding tert-OH is 5. The smallest absolute Gasteiger partial charge is 0.0913 e. The molecule has 0 aromatic carbocycles. The Hall–Kier alpha value is -0.460. The minimum absolute atomic E-state index is 0.0194. The monoisotopic (exact) mass is 490 g/mol. The highest BCUT2D eigenvalue weighted by Crippen LogP contribution is 2.75. The van der Waals surface area contributed by atoms with E-state index in [0.29, 0.717) is 24.7 Å². The first-order chi connectivity index (χ1) is 16.0. The van der Waals surface area contributed by atoms with E-state index in [1.807, 2.05) is 13.8 Å². The maximum atomic E-state index is 11.7. The van der Waals surface area contributed by atoms with Gasteiger partial charge in [0.1, 0.15) is 0 Å². The molecule has 0 amide bonds. The van der Waals surface area contributed by atoms with Crippen LogP contribution in [0.2, 0.25) is 0 Å². The first kappa shape index (κ1) is 26.2. The van der Waals surface area contributed by atoms with Crippen LogP contribution < -0.4 is 0 Å². The lowest BCUT2D eigenvalue weighted by Crippen LogP contribution is -2.71. The minimum atomic E-state index is -1.17. The molecule has 0 bridgehead atoms. The van der Waals surface area contributed by atoms with Crippen LogP contribution in [0.1, 0.15) is 93.4 Å². The Morgan fingerprint density at radius 1 is 0.800 bits per heavy atom. The highest BCUT2D eigenvalue weighted by Gasteiger charge is 2.72. The standard InChI is InChI=1S/C30H50O5/c1-25(2)14-18-17-8-9-20-27(5)12-11-21(32)26(3,4)19(27)10-13-28(20,6)29(17,7)15-22(33)30(18,16-31)24(35)23(25)34/h8,18-24,31-35H,9-16H2,1-7H3/t18-,19?,20?,21-,22?,23-,24?,27-,28+,29?,30-/m0/s1. The van der Waals surface area contributed by atoms with E-state index in [2.05, 4.69) is 40.7 Å². The molecule has 0 aromatic heterocycles. The molecule has 5 nitrogen and oxygen atoms in total. The first-order valence-electron chi connectivity index (χ1n) is 14.1. The maximum absolute atomic E-state index is 11.7. The highest BCUT2D eigenvalue weighted by molar-refractivity contribution is 5.36. The molecule has 0 aromatic rings. The fourth-order valence-electron chi connectivity index (χ4n) is 10.9. The van der Waals surface area contributed by atoms with Crippen LogP contribution >= 0.6 is 0 Å². The second kappa shape index (κ2) is 7.56. The van der Waals surface area contributed by atoms with Crippen LogP contribution in [-0.4, -0.2) is 56.6 Å². The lowest BCUT2D eigenvalue weighted by atomic mass is 9.33. The minimum Gasteiger partial charge on any atom is -0.396 e. The molecule has 0 heterocycles. The third-order valence-electron chi connectivity index (χ3n) is 13.4. The molecule has 5 aliphatic rings. The van der Waals surface area contributed by atoms with E-state index in [1.165, 1.54) is 5.57 Å². The van der Waals surface area contributed by atoms with Gasteiger partial charge in [-0.3, -0.25) is 0 Å². The van der Waals surface area contributed by atoms with Gasteiger partial charge in [-0.2, -0.15) is 0 Å². The zero-order valence-electron chi connectivity index (χ0n) is 23.0. The zero-order valence-corrected chi connectivity index (χ0v) is 23.0. The summed E-state index contributed by atoms with van der Waals surface area (Å²) in [4.78, 5) is 0.